The molecule has 1 amide bonds. The molecule has 1 aliphatic carbocycles. The van der Waals surface area contributed by atoms with E-state index in [0.29, 0.717) is 6.04 Å². The van der Waals surface area contributed by atoms with Crippen LogP contribution in [0, 0.1) is 11.8 Å². The number of carbonyl (C=O) groups excluding carboxylic acids is 1. The standard InChI is InChI=1S/C9H16N2O/c1-3-11-4-7-8(5-11)9(7)10-6(2)12/h7-9H,3-5H2,1-2H3,(H,10,12). The van der Waals surface area contributed by atoms with E-state index in [9.17, 15) is 4.79 Å². The molecule has 0 spiro atoms. The van der Waals surface area contributed by atoms with Gasteiger partial charge in [0, 0.05) is 26.1 Å². The third-order valence-electron chi connectivity index (χ3n) is 3.09. The van der Waals surface area contributed by atoms with Gasteiger partial charge in [-0.25, -0.2) is 0 Å². The van der Waals surface area contributed by atoms with Crippen molar-refractivity contribution in [2.45, 2.75) is 19.9 Å². The third kappa shape index (κ3) is 1.22. The van der Waals surface area contributed by atoms with Crippen LogP contribution < -0.4 is 5.32 Å². The Labute approximate surface area is 73.1 Å². The maximum Gasteiger partial charge on any atom is 0.217 e. The Morgan fingerprint density at radius 2 is 2.08 bits per heavy atom. The van der Waals surface area contributed by atoms with Gasteiger partial charge >= 0.3 is 0 Å². The quantitative estimate of drug-likeness (QED) is 0.633. The lowest BCUT2D eigenvalue weighted by molar-refractivity contribution is -0.119. The smallest absolute Gasteiger partial charge is 0.217 e. The van der Waals surface area contributed by atoms with Crippen LogP contribution in [0.25, 0.3) is 0 Å². The summed E-state index contributed by atoms with van der Waals surface area (Å²) in [6.45, 7) is 7.32. The number of nitrogens with zero attached hydrogens (tertiary/aromatic N) is 1. The molecule has 3 nitrogen and oxygen atoms in total. The van der Waals surface area contributed by atoms with E-state index >= 15 is 0 Å². The lowest BCUT2D eigenvalue weighted by atomic mass is 10.4. The molecule has 2 rings (SSSR count). The van der Waals surface area contributed by atoms with Crippen LogP contribution in [0.1, 0.15) is 13.8 Å². The molecule has 0 aromatic carbocycles. The summed E-state index contributed by atoms with van der Waals surface area (Å²) in [6.07, 6.45) is 0. The topological polar surface area (TPSA) is 32.3 Å². The Morgan fingerprint density at radius 3 is 2.50 bits per heavy atom. The van der Waals surface area contributed by atoms with Gasteiger partial charge in [0.1, 0.15) is 0 Å². The van der Waals surface area contributed by atoms with E-state index in [1.807, 2.05) is 0 Å². The number of fused-ring (bicyclic) bond motifs is 1. The van der Waals surface area contributed by atoms with Crippen LogP contribution in [0.2, 0.25) is 0 Å². The first-order valence-electron chi connectivity index (χ1n) is 4.72. The molecule has 1 saturated carbocycles. The summed E-state index contributed by atoms with van der Waals surface area (Å²) in [5.74, 6) is 1.64. The van der Waals surface area contributed by atoms with Gasteiger partial charge in [-0.15, -0.1) is 0 Å². The molecule has 2 unspecified atom stereocenters. The van der Waals surface area contributed by atoms with Crippen molar-refractivity contribution in [1.29, 1.82) is 0 Å². The van der Waals surface area contributed by atoms with Crippen molar-refractivity contribution >= 4 is 5.91 Å². The first kappa shape index (κ1) is 8.05. The molecule has 0 radical (unpaired) electrons. The third-order valence-corrected chi connectivity index (χ3v) is 3.09. The predicted molar refractivity (Wildman–Crippen MR) is 46.7 cm³/mol. The number of hydrogen-bond donors (Lipinski definition) is 1. The lowest BCUT2D eigenvalue weighted by Gasteiger charge is -2.16. The van der Waals surface area contributed by atoms with Crippen molar-refractivity contribution in [3.05, 3.63) is 0 Å². The highest BCUT2D eigenvalue weighted by molar-refractivity contribution is 5.73. The monoisotopic (exact) mass is 168 g/mol. The molecule has 0 aromatic heterocycles. The van der Waals surface area contributed by atoms with Crippen LogP contribution in [-0.2, 0) is 4.79 Å². The van der Waals surface area contributed by atoms with Crippen LogP contribution in [-0.4, -0.2) is 36.5 Å². The molecule has 3 heteroatoms. The summed E-state index contributed by atoms with van der Waals surface area (Å²) in [5.41, 5.74) is 0. The summed E-state index contributed by atoms with van der Waals surface area (Å²) >= 11 is 0. The Bertz CT molecular complexity index is 193. The van der Waals surface area contributed by atoms with Gasteiger partial charge in [0.2, 0.25) is 5.91 Å². The molecule has 1 saturated heterocycles. The zero-order chi connectivity index (χ0) is 8.72. The number of amides is 1. The molecule has 1 aliphatic heterocycles. The van der Waals surface area contributed by atoms with Crippen molar-refractivity contribution in [3.63, 3.8) is 0 Å². The number of piperidine rings is 1. The van der Waals surface area contributed by atoms with Crippen molar-refractivity contribution in [1.82, 2.24) is 10.2 Å². The second-order valence-electron chi connectivity index (χ2n) is 3.91. The number of carbonyl (C=O) groups is 1. The zero-order valence-electron chi connectivity index (χ0n) is 7.71. The van der Waals surface area contributed by atoms with Crippen molar-refractivity contribution in [3.8, 4) is 0 Å². The fraction of sp³-hybridized carbons (Fsp3) is 0.889. The van der Waals surface area contributed by atoms with Gasteiger partial charge in [0.25, 0.3) is 0 Å². The van der Waals surface area contributed by atoms with Crippen molar-refractivity contribution in [2.24, 2.45) is 11.8 Å². The molecule has 2 atom stereocenters. The maximum absolute atomic E-state index is 10.8. The Morgan fingerprint density at radius 1 is 1.50 bits per heavy atom. The van der Waals surface area contributed by atoms with Gasteiger partial charge < -0.3 is 10.2 Å². The van der Waals surface area contributed by atoms with E-state index in [4.69, 9.17) is 0 Å². The molecule has 0 aromatic rings. The fourth-order valence-electron chi connectivity index (χ4n) is 2.32. The van der Waals surface area contributed by atoms with Gasteiger partial charge in [-0.2, -0.15) is 0 Å². The molecule has 1 N–H and O–H groups in total. The van der Waals surface area contributed by atoms with Crippen molar-refractivity contribution in [2.75, 3.05) is 19.6 Å². The molecule has 2 aliphatic rings. The van der Waals surface area contributed by atoms with E-state index in [0.717, 1.165) is 18.4 Å². The first-order chi connectivity index (χ1) is 5.72. The van der Waals surface area contributed by atoms with Crippen LogP contribution in [0.3, 0.4) is 0 Å². The molecule has 2 fully saturated rings. The van der Waals surface area contributed by atoms with Crippen LogP contribution >= 0.6 is 0 Å². The number of nitrogens with one attached hydrogen (secondary N) is 1. The summed E-state index contributed by atoms with van der Waals surface area (Å²) in [5, 5.41) is 3.00. The van der Waals surface area contributed by atoms with E-state index < -0.39 is 0 Å². The largest absolute Gasteiger partial charge is 0.353 e. The number of likely N-dealkylation sites (tertiary alicyclic amines) is 1. The number of rotatable bonds is 2. The zero-order valence-corrected chi connectivity index (χ0v) is 7.71. The highest BCUT2D eigenvalue weighted by Crippen LogP contribution is 2.45. The predicted octanol–water partition coefficient (Wildman–Crippen LogP) is 0.0726. The minimum Gasteiger partial charge on any atom is -0.353 e. The molecular formula is C9H16N2O. The average molecular weight is 168 g/mol. The Balaban J connectivity index is 1.79. The average Bonchev–Trinajstić information content (AvgIpc) is 2.47. The van der Waals surface area contributed by atoms with E-state index in [2.05, 4.69) is 17.1 Å². The van der Waals surface area contributed by atoms with Gasteiger partial charge in [-0.3, -0.25) is 4.79 Å². The first-order valence-corrected chi connectivity index (χ1v) is 4.72. The molecule has 68 valence electrons. The molecular weight excluding hydrogens is 152 g/mol. The summed E-state index contributed by atoms with van der Waals surface area (Å²) in [4.78, 5) is 13.2. The van der Waals surface area contributed by atoms with Gasteiger partial charge in [-0.1, -0.05) is 6.92 Å². The fourth-order valence-corrected chi connectivity index (χ4v) is 2.32. The highest BCUT2D eigenvalue weighted by Gasteiger charge is 2.55. The van der Waals surface area contributed by atoms with Gasteiger partial charge in [0.05, 0.1) is 0 Å². The molecule has 1 heterocycles. The van der Waals surface area contributed by atoms with E-state index in [1.165, 1.54) is 13.1 Å². The maximum atomic E-state index is 10.8. The Kier molecular flexibility index (Phi) is 1.83. The summed E-state index contributed by atoms with van der Waals surface area (Å²) in [7, 11) is 0. The highest BCUT2D eigenvalue weighted by atomic mass is 16.1. The van der Waals surface area contributed by atoms with Crippen LogP contribution in [0.15, 0.2) is 0 Å². The van der Waals surface area contributed by atoms with Crippen LogP contribution in [0.4, 0.5) is 0 Å². The minimum absolute atomic E-state index is 0.123. The second kappa shape index (κ2) is 2.73. The summed E-state index contributed by atoms with van der Waals surface area (Å²) < 4.78 is 0. The SMILES string of the molecule is CCN1CC2C(C1)C2NC(C)=O. The molecule has 12 heavy (non-hydrogen) atoms. The van der Waals surface area contributed by atoms with Gasteiger partial charge in [-0.05, 0) is 18.4 Å². The summed E-state index contributed by atoms with van der Waals surface area (Å²) in [6, 6.07) is 0.505. The lowest BCUT2D eigenvalue weighted by Crippen LogP contribution is -2.33. The number of hydrogen-bond acceptors (Lipinski definition) is 2. The molecule has 0 bridgehead atoms. The van der Waals surface area contributed by atoms with Gasteiger partial charge in [0.15, 0.2) is 0 Å². The Hall–Kier alpha value is -0.570. The van der Waals surface area contributed by atoms with E-state index in [1.54, 1.807) is 6.92 Å². The van der Waals surface area contributed by atoms with Crippen LogP contribution in [0.5, 0.6) is 0 Å². The minimum atomic E-state index is 0.123. The second-order valence-corrected chi connectivity index (χ2v) is 3.91. The van der Waals surface area contributed by atoms with Crippen molar-refractivity contribution < 1.29 is 4.79 Å². The van der Waals surface area contributed by atoms with E-state index in [-0.39, 0.29) is 5.91 Å². The normalized spacial score (nSPS) is 39.3.